The van der Waals surface area contributed by atoms with E-state index in [-0.39, 0.29) is 44.8 Å². The van der Waals surface area contributed by atoms with Gasteiger partial charge in [-0.25, -0.2) is 19.2 Å². The van der Waals surface area contributed by atoms with Gasteiger partial charge in [0.2, 0.25) is 0 Å². The van der Waals surface area contributed by atoms with E-state index in [1.54, 1.807) is 20.8 Å². The van der Waals surface area contributed by atoms with Gasteiger partial charge in [0.15, 0.2) is 0 Å². The molecule has 2 atom stereocenters. The monoisotopic (exact) mass is 655 g/mol. The van der Waals surface area contributed by atoms with Crippen LogP contribution in [-0.4, -0.2) is 66.5 Å². The minimum atomic E-state index is -0.957. The van der Waals surface area contributed by atoms with Gasteiger partial charge in [0.25, 0.3) is 0 Å². The number of rotatable bonds is 14. The minimum Gasteiger partial charge on any atom is -0.461 e. The third kappa shape index (κ3) is 16.0. The van der Waals surface area contributed by atoms with Gasteiger partial charge in [-0.2, -0.15) is 0 Å². The molecule has 13 heteroatoms. The average molecular weight is 656 g/mol. The first-order valence-electron chi connectivity index (χ1n) is 15.7. The Morgan fingerprint density at radius 1 is 0.723 bits per heavy atom. The van der Waals surface area contributed by atoms with Crippen molar-refractivity contribution < 1.29 is 47.7 Å². The van der Waals surface area contributed by atoms with Crippen molar-refractivity contribution in [3.05, 3.63) is 71.8 Å². The maximum absolute atomic E-state index is 12.3. The zero-order valence-electron chi connectivity index (χ0n) is 27.1. The van der Waals surface area contributed by atoms with Crippen molar-refractivity contribution in [1.29, 1.82) is 0 Å². The Morgan fingerprint density at radius 3 is 1.55 bits per heavy atom. The molecule has 2 amide bonds. The molecule has 2 aliphatic rings. The highest BCUT2D eigenvalue weighted by atomic mass is 16.6. The Balaban J connectivity index is 0.000000267. The van der Waals surface area contributed by atoms with Crippen molar-refractivity contribution in [3.63, 3.8) is 0 Å². The summed E-state index contributed by atoms with van der Waals surface area (Å²) in [5.41, 5.74) is 6.55. The molecule has 2 aromatic carbocycles. The van der Waals surface area contributed by atoms with E-state index in [1.165, 1.54) is 0 Å². The number of nitrogens with two attached hydrogens (primary N) is 1. The second-order valence-electron chi connectivity index (χ2n) is 12.2. The van der Waals surface area contributed by atoms with Crippen molar-refractivity contribution in [2.24, 2.45) is 5.73 Å². The SMILES string of the molecule is CC(C)(C)OC(=O)CC[C@@H](NC(=O)OCc1ccccc1)C(=O)OC1CC1.NC[C@@H](NC(=O)OCc1ccccc1)C(=O)OC1CC1. The number of esters is 3. The van der Waals surface area contributed by atoms with Gasteiger partial charge in [-0.15, -0.1) is 0 Å². The molecule has 0 saturated heterocycles. The third-order valence-corrected chi connectivity index (χ3v) is 6.49. The Hall–Kier alpha value is -4.65. The molecule has 0 heterocycles. The predicted molar refractivity (Wildman–Crippen MR) is 169 cm³/mol. The number of amides is 2. The Bertz CT molecular complexity index is 1310. The van der Waals surface area contributed by atoms with Gasteiger partial charge in [-0.1, -0.05) is 60.7 Å². The summed E-state index contributed by atoms with van der Waals surface area (Å²) in [5, 5.41) is 4.90. The van der Waals surface area contributed by atoms with Crippen LogP contribution in [0.3, 0.4) is 0 Å². The van der Waals surface area contributed by atoms with Crippen LogP contribution in [0.4, 0.5) is 9.59 Å². The number of hydrogen-bond acceptors (Lipinski definition) is 11. The first-order chi connectivity index (χ1) is 22.4. The van der Waals surface area contributed by atoms with Crippen LogP contribution in [0, 0.1) is 0 Å². The summed E-state index contributed by atoms with van der Waals surface area (Å²) in [5.74, 6) is -1.50. The van der Waals surface area contributed by atoms with Crippen LogP contribution in [0.15, 0.2) is 60.7 Å². The smallest absolute Gasteiger partial charge is 0.408 e. The molecule has 0 spiro atoms. The van der Waals surface area contributed by atoms with Crippen LogP contribution in [-0.2, 0) is 51.3 Å². The summed E-state index contributed by atoms with van der Waals surface area (Å²) in [6.45, 7) is 5.51. The Labute approximate surface area is 274 Å². The van der Waals surface area contributed by atoms with Gasteiger partial charge in [-0.3, -0.25) is 4.79 Å². The summed E-state index contributed by atoms with van der Waals surface area (Å²) in [4.78, 5) is 59.5. The fraction of sp³-hybridized carbons (Fsp3) is 0.500. The van der Waals surface area contributed by atoms with E-state index >= 15 is 0 Å². The highest BCUT2D eigenvalue weighted by Gasteiger charge is 2.32. The molecule has 256 valence electrons. The highest BCUT2D eigenvalue weighted by molar-refractivity contribution is 5.83. The molecular formula is C34H45N3O10. The lowest BCUT2D eigenvalue weighted by molar-refractivity contribution is -0.155. The molecule has 4 N–H and O–H groups in total. The quantitative estimate of drug-likeness (QED) is 0.197. The van der Waals surface area contributed by atoms with Crippen LogP contribution in [0.1, 0.15) is 70.4 Å². The number of nitrogens with one attached hydrogen (secondary N) is 2. The molecule has 0 aliphatic heterocycles. The third-order valence-electron chi connectivity index (χ3n) is 6.49. The van der Waals surface area contributed by atoms with Gasteiger partial charge in [0.05, 0.1) is 0 Å². The molecule has 47 heavy (non-hydrogen) atoms. The van der Waals surface area contributed by atoms with Crippen molar-refractivity contribution in [1.82, 2.24) is 10.6 Å². The second-order valence-corrected chi connectivity index (χ2v) is 12.2. The number of hydrogen-bond donors (Lipinski definition) is 3. The van der Waals surface area contributed by atoms with E-state index in [9.17, 15) is 24.0 Å². The summed E-state index contributed by atoms with van der Waals surface area (Å²) < 4.78 is 25.7. The standard InChI is InChI=1S/C20H27NO6.C14H18N2O4/c1-20(2,3)27-17(22)12-11-16(18(23)26-15-9-10-15)21-19(24)25-13-14-7-5-4-6-8-14;15-8-12(13(17)20-11-6-7-11)16-14(18)19-9-10-4-2-1-3-5-10/h4-8,15-16H,9-13H2,1-3H3,(H,21,24);1-5,11-12H,6-9,15H2,(H,16,18)/t16-;12-/m11/s1. The number of ether oxygens (including phenoxy) is 5. The first-order valence-corrected chi connectivity index (χ1v) is 15.7. The summed E-state index contributed by atoms with van der Waals surface area (Å²) in [6, 6.07) is 16.7. The lowest BCUT2D eigenvalue weighted by Gasteiger charge is -2.21. The number of alkyl carbamates (subject to hydrolysis) is 2. The second kappa shape index (κ2) is 18.5. The van der Waals surface area contributed by atoms with Gasteiger partial charge in [-0.05, 0) is 64.0 Å². The van der Waals surface area contributed by atoms with E-state index in [1.807, 2.05) is 60.7 Å². The number of benzene rings is 2. The lowest BCUT2D eigenvalue weighted by Crippen LogP contribution is -2.47. The van der Waals surface area contributed by atoms with Gasteiger partial charge < -0.3 is 40.1 Å². The van der Waals surface area contributed by atoms with Crippen molar-refractivity contribution in [3.8, 4) is 0 Å². The largest absolute Gasteiger partial charge is 0.461 e. The van der Waals surface area contributed by atoms with Gasteiger partial charge in [0.1, 0.15) is 43.1 Å². The van der Waals surface area contributed by atoms with Crippen LogP contribution in [0.5, 0.6) is 0 Å². The van der Waals surface area contributed by atoms with E-state index in [0.29, 0.717) is 0 Å². The Kier molecular flexibility index (Phi) is 14.5. The van der Waals surface area contributed by atoms with Gasteiger partial charge in [0, 0.05) is 13.0 Å². The number of carbonyl (C=O) groups excluding carboxylic acids is 5. The summed E-state index contributed by atoms with van der Waals surface area (Å²) in [7, 11) is 0. The molecule has 0 bridgehead atoms. The average Bonchev–Trinajstić information content (AvgIpc) is 3.98. The van der Waals surface area contributed by atoms with Crippen LogP contribution in [0.2, 0.25) is 0 Å². The fourth-order valence-electron chi connectivity index (χ4n) is 3.80. The minimum absolute atomic E-state index is 0.0132. The topological polar surface area (TPSA) is 182 Å². The molecular weight excluding hydrogens is 610 g/mol. The molecule has 0 unspecified atom stereocenters. The molecule has 2 aliphatic carbocycles. The maximum atomic E-state index is 12.3. The zero-order chi connectivity index (χ0) is 34.2. The van der Waals surface area contributed by atoms with E-state index in [2.05, 4.69) is 10.6 Å². The molecule has 2 saturated carbocycles. The van der Waals surface area contributed by atoms with Crippen LogP contribution < -0.4 is 16.4 Å². The van der Waals surface area contributed by atoms with Crippen molar-refractivity contribution in [2.75, 3.05) is 6.54 Å². The maximum Gasteiger partial charge on any atom is 0.408 e. The molecule has 2 fully saturated rings. The van der Waals surface area contributed by atoms with E-state index < -0.39 is 47.8 Å². The van der Waals surface area contributed by atoms with Crippen molar-refractivity contribution >= 4 is 30.1 Å². The first kappa shape index (κ1) is 36.8. The van der Waals surface area contributed by atoms with Crippen LogP contribution >= 0.6 is 0 Å². The normalized spacial score (nSPS) is 15.0. The number of carbonyl (C=O) groups is 5. The molecule has 0 aromatic heterocycles. The lowest BCUT2D eigenvalue weighted by atomic mass is 10.1. The predicted octanol–water partition coefficient (Wildman–Crippen LogP) is 4.05. The molecule has 0 radical (unpaired) electrons. The fourth-order valence-corrected chi connectivity index (χ4v) is 3.80. The molecule has 2 aromatic rings. The van der Waals surface area contributed by atoms with E-state index in [4.69, 9.17) is 29.4 Å². The summed E-state index contributed by atoms with van der Waals surface area (Å²) >= 11 is 0. The Morgan fingerprint density at radius 2 is 1.15 bits per heavy atom. The molecule has 13 nitrogen and oxygen atoms in total. The molecule has 4 rings (SSSR count). The van der Waals surface area contributed by atoms with E-state index in [0.717, 1.165) is 36.8 Å². The van der Waals surface area contributed by atoms with Crippen molar-refractivity contribution in [2.45, 2.75) is 102 Å². The highest BCUT2D eigenvalue weighted by Crippen LogP contribution is 2.25. The van der Waals surface area contributed by atoms with Crippen LogP contribution in [0.25, 0.3) is 0 Å². The summed E-state index contributed by atoms with van der Waals surface area (Å²) in [6.07, 6.45) is 1.94. The van der Waals surface area contributed by atoms with Gasteiger partial charge >= 0.3 is 30.1 Å². The zero-order valence-corrected chi connectivity index (χ0v) is 27.1.